The molecular formula is C16H20N6O3. The molecule has 2 N–H and O–H groups in total. The Bertz CT molecular complexity index is 767. The number of ether oxygens (including phenoxy) is 2. The number of aromatic nitrogens is 3. The van der Waals surface area contributed by atoms with Gasteiger partial charge >= 0.3 is 6.03 Å². The number of nitriles is 1. The molecule has 0 fully saturated rings. The van der Waals surface area contributed by atoms with E-state index in [2.05, 4.69) is 20.8 Å². The van der Waals surface area contributed by atoms with Crippen LogP contribution in [0.25, 0.3) is 0 Å². The maximum absolute atomic E-state index is 12.2. The van der Waals surface area contributed by atoms with Gasteiger partial charge in [0.25, 0.3) is 0 Å². The average Bonchev–Trinajstić information content (AvgIpc) is 3.08. The summed E-state index contributed by atoms with van der Waals surface area (Å²) in [4.78, 5) is 12.2. The van der Waals surface area contributed by atoms with Crippen LogP contribution in [0.4, 0.5) is 10.5 Å². The molecule has 0 aliphatic heterocycles. The molecule has 0 bridgehead atoms. The van der Waals surface area contributed by atoms with Crippen molar-refractivity contribution < 1.29 is 14.3 Å². The average molecular weight is 344 g/mol. The van der Waals surface area contributed by atoms with Gasteiger partial charge in [0.15, 0.2) is 5.82 Å². The van der Waals surface area contributed by atoms with Crippen LogP contribution in [0.5, 0.6) is 5.75 Å². The van der Waals surface area contributed by atoms with E-state index in [1.807, 2.05) is 17.6 Å². The number of carbonyl (C=O) groups excluding carboxylic acids is 1. The quantitative estimate of drug-likeness (QED) is 0.790. The lowest BCUT2D eigenvalue weighted by molar-refractivity contribution is 0.185. The summed E-state index contributed by atoms with van der Waals surface area (Å²) < 4.78 is 11.9. The van der Waals surface area contributed by atoms with Gasteiger partial charge in [0.2, 0.25) is 0 Å². The van der Waals surface area contributed by atoms with E-state index in [-0.39, 0.29) is 6.04 Å². The number of amides is 2. The Morgan fingerprint density at radius 2 is 2.24 bits per heavy atom. The van der Waals surface area contributed by atoms with Gasteiger partial charge in [-0.05, 0) is 25.1 Å². The fraction of sp³-hybridized carbons (Fsp3) is 0.375. The monoisotopic (exact) mass is 344 g/mol. The zero-order valence-electron chi connectivity index (χ0n) is 14.3. The van der Waals surface area contributed by atoms with Crippen molar-refractivity contribution in [3.63, 3.8) is 0 Å². The smallest absolute Gasteiger partial charge is 0.319 e. The van der Waals surface area contributed by atoms with Crippen molar-refractivity contribution in [1.29, 1.82) is 5.26 Å². The molecule has 1 heterocycles. The summed E-state index contributed by atoms with van der Waals surface area (Å²) in [5, 5.41) is 22.5. The molecule has 2 aromatic rings. The van der Waals surface area contributed by atoms with Crippen LogP contribution in [0, 0.1) is 11.3 Å². The molecule has 25 heavy (non-hydrogen) atoms. The van der Waals surface area contributed by atoms with E-state index in [1.54, 1.807) is 31.6 Å². The summed E-state index contributed by atoms with van der Waals surface area (Å²) in [5.41, 5.74) is 0.829. The Hall–Kier alpha value is -3.12. The van der Waals surface area contributed by atoms with Gasteiger partial charge in [-0.3, -0.25) is 0 Å². The highest BCUT2D eigenvalue weighted by Gasteiger charge is 2.16. The summed E-state index contributed by atoms with van der Waals surface area (Å²) in [5.74, 6) is 1.08. The summed E-state index contributed by atoms with van der Waals surface area (Å²) >= 11 is 0. The van der Waals surface area contributed by atoms with Crippen LogP contribution < -0.4 is 15.4 Å². The van der Waals surface area contributed by atoms with Crippen molar-refractivity contribution in [2.24, 2.45) is 0 Å². The molecule has 1 atom stereocenters. The van der Waals surface area contributed by atoms with Crippen molar-refractivity contribution >= 4 is 11.7 Å². The van der Waals surface area contributed by atoms with Gasteiger partial charge in [0, 0.05) is 19.3 Å². The number of rotatable bonds is 7. The molecule has 0 aliphatic carbocycles. The third-order valence-corrected chi connectivity index (χ3v) is 3.49. The van der Waals surface area contributed by atoms with Gasteiger partial charge in [-0.1, -0.05) is 0 Å². The van der Waals surface area contributed by atoms with Crippen LogP contribution in [0.1, 0.15) is 24.4 Å². The van der Waals surface area contributed by atoms with Gasteiger partial charge in [-0.25, -0.2) is 4.79 Å². The van der Waals surface area contributed by atoms with Crippen molar-refractivity contribution in [3.8, 4) is 11.8 Å². The first kappa shape index (κ1) is 18.2. The summed E-state index contributed by atoms with van der Waals surface area (Å²) in [6, 6.07) is 6.08. The predicted molar refractivity (Wildman–Crippen MR) is 90.2 cm³/mol. The molecule has 2 amide bonds. The Morgan fingerprint density at radius 3 is 2.92 bits per heavy atom. The number of anilines is 1. The molecule has 0 unspecified atom stereocenters. The number of hydrogen-bond acceptors (Lipinski definition) is 6. The lowest BCUT2D eigenvalue weighted by atomic mass is 10.2. The second-order valence-corrected chi connectivity index (χ2v) is 5.22. The van der Waals surface area contributed by atoms with E-state index in [1.165, 1.54) is 7.11 Å². The third kappa shape index (κ3) is 4.68. The minimum atomic E-state index is -0.414. The highest BCUT2D eigenvalue weighted by molar-refractivity contribution is 5.89. The normalized spacial score (nSPS) is 11.4. The molecule has 1 aromatic carbocycles. The predicted octanol–water partition coefficient (Wildman–Crippen LogP) is 1.69. The number of benzene rings is 1. The highest BCUT2D eigenvalue weighted by atomic mass is 16.5. The van der Waals surface area contributed by atoms with E-state index >= 15 is 0 Å². The van der Waals surface area contributed by atoms with Crippen LogP contribution in [0.3, 0.4) is 0 Å². The van der Waals surface area contributed by atoms with E-state index in [0.717, 1.165) is 0 Å². The summed E-state index contributed by atoms with van der Waals surface area (Å²) in [7, 11) is 3.10. The zero-order valence-corrected chi connectivity index (χ0v) is 14.3. The molecule has 0 saturated heterocycles. The maximum Gasteiger partial charge on any atom is 0.319 e. The van der Waals surface area contributed by atoms with E-state index < -0.39 is 6.03 Å². The first-order valence-corrected chi connectivity index (χ1v) is 7.61. The van der Waals surface area contributed by atoms with Gasteiger partial charge in [0.05, 0.1) is 25.3 Å². The van der Waals surface area contributed by atoms with Crippen molar-refractivity contribution in [3.05, 3.63) is 35.9 Å². The topological polar surface area (TPSA) is 114 Å². The van der Waals surface area contributed by atoms with Crippen LogP contribution >= 0.6 is 0 Å². The standard InChI is InChI=1S/C16H20N6O3/c1-11(15-21-18-10-22(15)6-7-24-2)19-16(23)20-13-4-5-14(25-3)12(8-13)9-17/h4-5,8,10-11H,6-7H2,1-3H3,(H2,19,20,23)/t11-/m1/s1. The fourth-order valence-electron chi connectivity index (χ4n) is 2.26. The molecule has 132 valence electrons. The van der Waals surface area contributed by atoms with Crippen LogP contribution in [0.2, 0.25) is 0 Å². The second-order valence-electron chi connectivity index (χ2n) is 5.22. The van der Waals surface area contributed by atoms with Gasteiger partial charge in [-0.2, -0.15) is 5.26 Å². The minimum absolute atomic E-state index is 0.340. The van der Waals surface area contributed by atoms with Gasteiger partial charge < -0.3 is 24.7 Å². The minimum Gasteiger partial charge on any atom is -0.495 e. The maximum atomic E-state index is 12.2. The molecule has 9 heteroatoms. The lowest BCUT2D eigenvalue weighted by Gasteiger charge is -2.15. The molecule has 0 aliphatic rings. The Balaban J connectivity index is 2.00. The molecule has 1 aromatic heterocycles. The molecule has 2 rings (SSSR count). The van der Waals surface area contributed by atoms with Crippen molar-refractivity contribution in [1.82, 2.24) is 20.1 Å². The second kappa shape index (κ2) is 8.65. The van der Waals surface area contributed by atoms with Crippen LogP contribution in [0.15, 0.2) is 24.5 Å². The largest absolute Gasteiger partial charge is 0.495 e. The van der Waals surface area contributed by atoms with Crippen molar-refractivity contribution in [2.75, 3.05) is 26.1 Å². The number of carbonyl (C=O) groups is 1. The third-order valence-electron chi connectivity index (χ3n) is 3.49. The molecule has 0 spiro atoms. The molecule has 9 nitrogen and oxygen atoms in total. The van der Waals surface area contributed by atoms with Gasteiger partial charge in [0.1, 0.15) is 18.1 Å². The number of hydrogen-bond donors (Lipinski definition) is 2. The van der Waals surface area contributed by atoms with E-state index in [0.29, 0.717) is 36.0 Å². The first-order valence-electron chi connectivity index (χ1n) is 7.61. The lowest BCUT2D eigenvalue weighted by Crippen LogP contribution is -2.32. The van der Waals surface area contributed by atoms with Crippen molar-refractivity contribution in [2.45, 2.75) is 19.5 Å². The van der Waals surface area contributed by atoms with Crippen LogP contribution in [-0.4, -0.2) is 41.6 Å². The first-order chi connectivity index (χ1) is 12.1. The van der Waals surface area contributed by atoms with Crippen LogP contribution in [-0.2, 0) is 11.3 Å². The Morgan fingerprint density at radius 1 is 1.44 bits per heavy atom. The van der Waals surface area contributed by atoms with E-state index in [9.17, 15) is 4.79 Å². The SMILES string of the molecule is COCCn1cnnc1[C@@H](C)NC(=O)Nc1ccc(OC)c(C#N)c1. The fourth-order valence-corrected chi connectivity index (χ4v) is 2.26. The Labute approximate surface area is 145 Å². The highest BCUT2D eigenvalue weighted by Crippen LogP contribution is 2.21. The molecule has 0 radical (unpaired) electrons. The number of nitrogens with one attached hydrogen (secondary N) is 2. The Kier molecular flexibility index (Phi) is 6.31. The molecule has 0 saturated carbocycles. The summed E-state index contributed by atoms with van der Waals surface area (Å²) in [6.45, 7) is 2.92. The number of methoxy groups -OCH3 is 2. The van der Waals surface area contributed by atoms with Gasteiger partial charge in [-0.15, -0.1) is 10.2 Å². The van der Waals surface area contributed by atoms with E-state index in [4.69, 9.17) is 14.7 Å². The number of nitrogens with zero attached hydrogens (tertiary/aromatic N) is 4. The molecular weight excluding hydrogens is 324 g/mol. The zero-order chi connectivity index (χ0) is 18.2. The summed E-state index contributed by atoms with van der Waals surface area (Å²) in [6.07, 6.45) is 1.59. The number of urea groups is 1.